The first kappa shape index (κ1) is 15.6. The fourth-order valence-electron chi connectivity index (χ4n) is 3.00. The Morgan fingerprint density at radius 2 is 2.04 bits per heavy atom. The average Bonchev–Trinajstić information content (AvgIpc) is 3.21. The number of H-pyrrole nitrogens is 1. The molecular formula is C17H16N4O3S. The van der Waals surface area contributed by atoms with E-state index in [1.165, 1.54) is 4.31 Å². The molecule has 25 heavy (non-hydrogen) atoms. The molecule has 0 unspecified atom stereocenters. The summed E-state index contributed by atoms with van der Waals surface area (Å²) in [5, 5.41) is 10.6. The molecule has 4 rings (SSSR count). The summed E-state index contributed by atoms with van der Waals surface area (Å²) in [6, 6.07) is 12.2. The molecule has 1 aromatic heterocycles. The molecule has 0 aliphatic carbocycles. The van der Waals surface area contributed by atoms with Gasteiger partial charge in [0.15, 0.2) is 0 Å². The van der Waals surface area contributed by atoms with Gasteiger partial charge in [-0.3, -0.25) is 14.2 Å². The van der Waals surface area contributed by atoms with E-state index >= 15 is 0 Å². The second-order valence-electron chi connectivity index (χ2n) is 5.89. The highest BCUT2D eigenvalue weighted by Crippen LogP contribution is 2.26. The fourth-order valence-corrected chi connectivity index (χ4v) is 4.56. The van der Waals surface area contributed by atoms with Gasteiger partial charge in [-0.15, -0.1) is 0 Å². The summed E-state index contributed by atoms with van der Waals surface area (Å²) in [6.45, 7) is 0.445. The highest BCUT2D eigenvalue weighted by molar-refractivity contribution is 7.93. The Hall–Kier alpha value is -2.87. The quantitative estimate of drug-likeness (QED) is 0.753. The molecule has 1 saturated heterocycles. The highest BCUT2D eigenvalue weighted by atomic mass is 32.2. The number of carbonyl (C=O) groups excluding carboxylic acids is 1. The number of fused-ring (bicyclic) bond motifs is 1. The lowest BCUT2D eigenvalue weighted by Gasteiger charge is -2.17. The van der Waals surface area contributed by atoms with Crippen molar-refractivity contribution in [1.29, 1.82) is 0 Å². The second kappa shape index (κ2) is 5.89. The third-order valence-corrected chi connectivity index (χ3v) is 6.09. The lowest BCUT2D eigenvalue weighted by atomic mass is 10.1. The van der Waals surface area contributed by atoms with Crippen LogP contribution in [0, 0.1) is 0 Å². The minimum Gasteiger partial charge on any atom is -0.320 e. The number of sulfonamides is 1. The van der Waals surface area contributed by atoms with Crippen molar-refractivity contribution in [3.05, 3.63) is 54.2 Å². The average molecular weight is 356 g/mol. The molecule has 2 aromatic carbocycles. The smallest absolute Gasteiger partial charge is 0.255 e. The van der Waals surface area contributed by atoms with Crippen LogP contribution in [0.5, 0.6) is 0 Å². The zero-order valence-corrected chi connectivity index (χ0v) is 14.1. The van der Waals surface area contributed by atoms with Crippen molar-refractivity contribution in [3.63, 3.8) is 0 Å². The van der Waals surface area contributed by atoms with Crippen LogP contribution in [0.2, 0.25) is 0 Å². The number of hydrogen-bond acceptors (Lipinski definition) is 4. The van der Waals surface area contributed by atoms with Gasteiger partial charge in [-0.25, -0.2) is 8.42 Å². The van der Waals surface area contributed by atoms with Crippen molar-refractivity contribution in [2.75, 3.05) is 21.9 Å². The molecule has 0 saturated carbocycles. The molecule has 1 aliphatic rings. The predicted octanol–water partition coefficient (Wildman–Crippen LogP) is 2.36. The molecule has 1 aliphatic heterocycles. The number of anilines is 2. The number of para-hydroxylation sites is 1. The first-order valence-electron chi connectivity index (χ1n) is 7.88. The third-order valence-electron chi connectivity index (χ3n) is 4.22. The maximum Gasteiger partial charge on any atom is 0.255 e. The first-order valence-corrected chi connectivity index (χ1v) is 9.49. The van der Waals surface area contributed by atoms with Crippen molar-refractivity contribution < 1.29 is 13.2 Å². The van der Waals surface area contributed by atoms with E-state index in [1.54, 1.807) is 36.5 Å². The number of nitrogens with one attached hydrogen (secondary N) is 2. The van der Waals surface area contributed by atoms with Crippen molar-refractivity contribution in [2.45, 2.75) is 6.42 Å². The SMILES string of the molecule is O=C(Nc1cccc2cn[nH]c12)c1cccc(N2CCCS2(=O)=O)c1. The number of amides is 1. The molecule has 1 amide bonds. The van der Waals surface area contributed by atoms with Crippen LogP contribution in [0.4, 0.5) is 11.4 Å². The first-order chi connectivity index (χ1) is 12.0. The maximum absolute atomic E-state index is 12.6. The van der Waals surface area contributed by atoms with Crippen LogP contribution in [0.25, 0.3) is 10.9 Å². The summed E-state index contributed by atoms with van der Waals surface area (Å²) in [5.41, 5.74) is 2.29. The van der Waals surface area contributed by atoms with Crippen molar-refractivity contribution in [3.8, 4) is 0 Å². The number of benzene rings is 2. The molecule has 0 atom stereocenters. The van der Waals surface area contributed by atoms with Gasteiger partial charge < -0.3 is 5.32 Å². The van der Waals surface area contributed by atoms with Crippen molar-refractivity contribution >= 4 is 38.2 Å². The van der Waals surface area contributed by atoms with Crippen molar-refractivity contribution in [1.82, 2.24) is 10.2 Å². The molecule has 0 bridgehead atoms. The van der Waals surface area contributed by atoms with Crippen LogP contribution in [0.1, 0.15) is 16.8 Å². The standard InChI is InChI=1S/C17H16N4O3S/c22-17(19-15-7-2-5-13-11-18-20-16(13)15)12-4-1-6-14(10-12)21-8-3-9-25(21,23)24/h1-2,4-7,10-11H,3,8-9H2,(H,18,20)(H,19,22). The zero-order valence-electron chi connectivity index (χ0n) is 13.3. The van der Waals surface area contributed by atoms with Gasteiger partial charge in [0.25, 0.3) is 5.91 Å². The van der Waals surface area contributed by atoms with E-state index < -0.39 is 10.0 Å². The Kier molecular flexibility index (Phi) is 3.69. The van der Waals surface area contributed by atoms with Gasteiger partial charge in [0.05, 0.1) is 28.8 Å². The van der Waals surface area contributed by atoms with E-state index in [0.29, 0.717) is 29.9 Å². The molecule has 2 heterocycles. The number of aromatic nitrogens is 2. The number of carbonyl (C=O) groups is 1. The van der Waals surface area contributed by atoms with E-state index in [0.717, 1.165) is 10.9 Å². The van der Waals surface area contributed by atoms with E-state index in [9.17, 15) is 13.2 Å². The van der Waals surface area contributed by atoms with Crippen LogP contribution in [-0.4, -0.2) is 36.8 Å². The fraction of sp³-hybridized carbons (Fsp3) is 0.176. The Balaban J connectivity index is 1.63. The second-order valence-corrected chi connectivity index (χ2v) is 7.90. The van der Waals surface area contributed by atoms with Crippen LogP contribution >= 0.6 is 0 Å². The summed E-state index contributed by atoms with van der Waals surface area (Å²) in [7, 11) is -3.27. The van der Waals surface area contributed by atoms with Gasteiger partial charge in [-0.1, -0.05) is 18.2 Å². The summed E-state index contributed by atoms with van der Waals surface area (Å²) >= 11 is 0. The zero-order chi connectivity index (χ0) is 17.4. The Morgan fingerprint density at radius 1 is 1.20 bits per heavy atom. The number of rotatable bonds is 3. The number of hydrogen-bond donors (Lipinski definition) is 2. The molecule has 0 radical (unpaired) electrons. The molecular weight excluding hydrogens is 340 g/mol. The van der Waals surface area contributed by atoms with Gasteiger partial charge in [0.1, 0.15) is 0 Å². The minimum atomic E-state index is -3.27. The third kappa shape index (κ3) is 2.85. The van der Waals surface area contributed by atoms with Crippen LogP contribution in [0.15, 0.2) is 48.7 Å². The molecule has 2 N–H and O–H groups in total. The van der Waals surface area contributed by atoms with E-state index in [1.807, 2.05) is 12.1 Å². The van der Waals surface area contributed by atoms with E-state index in [-0.39, 0.29) is 11.7 Å². The summed E-state index contributed by atoms with van der Waals surface area (Å²) < 4.78 is 25.5. The van der Waals surface area contributed by atoms with Crippen LogP contribution < -0.4 is 9.62 Å². The molecule has 0 spiro atoms. The van der Waals surface area contributed by atoms with Gasteiger partial charge in [-0.2, -0.15) is 5.10 Å². The topological polar surface area (TPSA) is 95.2 Å². The Bertz CT molecular complexity index is 1060. The van der Waals surface area contributed by atoms with Crippen molar-refractivity contribution in [2.24, 2.45) is 0 Å². The lowest BCUT2D eigenvalue weighted by Crippen LogP contribution is -2.25. The van der Waals surface area contributed by atoms with Gasteiger partial charge >= 0.3 is 0 Å². The Labute approximate surface area is 144 Å². The van der Waals surface area contributed by atoms with Crippen LogP contribution in [-0.2, 0) is 10.0 Å². The van der Waals surface area contributed by atoms with E-state index in [4.69, 9.17) is 0 Å². The molecule has 7 nitrogen and oxygen atoms in total. The van der Waals surface area contributed by atoms with Gasteiger partial charge in [-0.05, 0) is 30.7 Å². The molecule has 3 aromatic rings. The summed E-state index contributed by atoms with van der Waals surface area (Å²) in [6.07, 6.45) is 2.28. The highest BCUT2D eigenvalue weighted by Gasteiger charge is 2.28. The van der Waals surface area contributed by atoms with Gasteiger partial charge in [0, 0.05) is 17.5 Å². The van der Waals surface area contributed by atoms with E-state index in [2.05, 4.69) is 15.5 Å². The summed E-state index contributed by atoms with van der Waals surface area (Å²) in [5.74, 6) is -0.161. The normalized spacial score (nSPS) is 16.2. The Morgan fingerprint density at radius 3 is 2.84 bits per heavy atom. The van der Waals surface area contributed by atoms with Crippen LogP contribution in [0.3, 0.4) is 0 Å². The molecule has 8 heteroatoms. The molecule has 1 fully saturated rings. The number of aromatic amines is 1. The maximum atomic E-state index is 12.6. The largest absolute Gasteiger partial charge is 0.320 e. The lowest BCUT2D eigenvalue weighted by molar-refractivity contribution is 0.102. The number of nitrogens with zero attached hydrogens (tertiary/aromatic N) is 2. The minimum absolute atomic E-state index is 0.144. The monoisotopic (exact) mass is 356 g/mol. The predicted molar refractivity (Wildman–Crippen MR) is 96.2 cm³/mol. The molecule has 128 valence electrons. The van der Waals surface area contributed by atoms with Gasteiger partial charge in [0.2, 0.25) is 10.0 Å². The summed E-state index contributed by atoms with van der Waals surface area (Å²) in [4.78, 5) is 12.6.